The third-order valence-corrected chi connectivity index (χ3v) is 8.97. The number of hydrogen-bond acceptors (Lipinski definition) is 5. The Labute approximate surface area is 210 Å². The number of nitrogens with one attached hydrogen (secondary N) is 1. The van der Waals surface area contributed by atoms with Crippen molar-refractivity contribution >= 4 is 50.9 Å². The Morgan fingerprint density at radius 3 is 2.55 bits per heavy atom. The van der Waals surface area contributed by atoms with E-state index in [1.807, 2.05) is 36.4 Å². The molecule has 2 aromatic carbocycles. The van der Waals surface area contributed by atoms with Gasteiger partial charge in [-0.05, 0) is 42.3 Å². The van der Waals surface area contributed by atoms with Gasteiger partial charge in [-0.2, -0.15) is 16.1 Å². The van der Waals surface area contributed by atoms with Crippen molar-refractivity contribution in [2.45, 2.75) is 19.2 Å². The van der Waals surface area contributed by atoms with Gasteiger partial charge in [-0.3, -0.25) is 9.69 Å². The lowest BCUT2D eigenvalue weighted by atomic mass is 10.1. The number of halogens is 2. The molecule has 0 bridgehead atoms. The Morgan fingerprint density at radius 1 is 1.09 bits per heavy atom. The summed E-state index contributed by atoms with van der Waals surface area (Å²) < 4.78 is 25.6. The van der Waals surface area contributed by atoms with Gasteiger partial charge in [-0.1, -0.05) is 41.4 Å². The molecule has 1 aliphatic heterocycles. The first-order valence-electron chi connectivity index (χ1n) is 10.9. The molecule has 0 aromatic heterocycles. The van der Waals surface area contributed by atoms with Crippen LogP contribution in [-0.2, 0) is 22.3 Å². The molecule has 10 heteroatoms. The minimum Gasteiger partial charge on any atom is -0.351 e. The van der Waals surface area contributed by atoms with E-state index in [1.54, 1.807) is 29.1 Å². The van der Waals surface area contributed by atoms with E-state index in [9.17, 15) is 13.2 Å². The summed E-state index contributed by atoms with van der Waals surface area (Å²) in [6, 6.07) is 13.1. The van der Waals surface area contributed by atoms with E-state index in [0.29, 0.717) is 54.9 Å². The first kappa shape index (κ1) is 26.3. The van der Waals surface area contributed by atoms with Crippen LogP contribution in [0.1, 0.15) is 28.4 Å². The van der Waals surface area contributed by atoms with Gasteiger partial charge >= 0.3 is 0 Å². The number of sulfonamides is 1. The Kier molecular flexibility index (Phi) is 9.91. The predicted octanol–water partition coefficient (Wildman–Crippen LogP) is 4.12. The molecule has 3 rings (SSSR count). The number of thioether (sulfide) groups is 1. The Morgan fingerprint density at radius 2 is 1.85 bits per heavy atom. The van der Waals surface area contributed by atoms with Gasteiger partial charge in [0.1, 0.15) is 0 Å². The summed E-state index contributed by atoms with van der Waals surface area (Å²) in [6.07, 6.45) is 0. The molecule has 0 radical (unpaired) electrons. The fraction of sp³-hybridized carbons (Fsp3) is 0.435. The standard InChI is InChI=1S/C23H29Cl2N3O3S2/c1-2-33(30,31)28-11-9-27(10-12-28)16-18-4-3-5-19(14-18)23(29)26-8-13-32-17-20-6-7-21(24)15-22(20)25/h3-7,14-15H,2,8-13,16-17H2,1H3,(H,26,29). The lowest BCUT2D eigenvalue weighted by Gasteiger charge is -2.33. The second kappa shape index (κ2) is 12.4. The molecule has 0 unspecified atom stereocenters. The Bertz CT molecular complexity index is 1060. The largest absolute Gasteiger partial charge is 0.351 e. The SMILES string of the molecule is CCS(=O)(=O)N1CCN(Cc2cccc(C(=O)NCCSCc3ccc(Cl)cc3Cl)c2)CC1. The summed E-state index contributed by atoms with van der Waals surface area (Å²) >= 11 is 13.8. The number of piperazine rings is 1. The van der Waals surface area contributed by atoms with Crippen LogP contribution in [0.2, 0.25) is 10.0 Å². The van der Waals surface area contributed by atoms with Crippen molar-refractivity contribution in [1.29, 1.82) is 0 Å². The molecule has 33 heavy (non-hydrogen) atoms. The van der Waals surface area contributed by atoms with Crippen molar-refractivity contribution < 1.29 is 13.2 Å². The highest BCUT2D eigenvalue weighted by molar-refractivity contribution is 7.98. The maximum absolute atomic E-state index is 12.6. The lowest BCUT2D eigenvalue weighted by Crippen LogP contribution is -2.48. The van der Waals surface area contributed by atoms with Crippen molar-refractivity contribution in [3.63, 3.8) is 0 Å². The zero-order valence-corrected chi connectivity index (χ0v) is 21.7. The smallest absolute Gasteiger partial charge is 0.251 e. The number of nitrogens with zero attached hydrogens (tertiary/aromatic N) is 2. The van der Waals surface area contributed by atoms with Gasteiger partial charge in [0.25, 0.3) is 5.91 Å². The first-order chi connectivity index (χ1) is 15.8. The quantitative estimate of drug-likeness (QED) is 0.468. The number of carbonyl (C=O) groups is 1. The van der Waals surface area contributed by atoms with E-state index in [2.05, 4.69) is 10.2 Å². The summed E-state index contributed by atoms with van der Waals surface area (Å²) in [5.74, 6) is 1.57. The van der Waals surface area contributed by atoms with Gasteiger partial charge in [-0.25, -0.2) is 8.42 Å². The number of benzene rings is 2. The van der Waals surface area contributed by atoms with Crippen LogP contribution >= 0.6 is 35.0 Å². The molecule has 180 valence electrons. The van der Waals surface area contributed by atoms with Gasteiger partial charge in [0.05, 0.1) is 5.75 Å². The summed E-state index contributed by atoms with van der Waals surface area (Å²) in [7, 11) is -3.13. The summed E-state index contributed by atoms with van der Waals surface area (Å²) in [4.78, 5) is 14.8. The molecule has 0 aliphatic carbocycles. The molecule has 1 aliphatic rings. The van der Waals surface area contributed by atoms with Crippen LogP contribution in [0.5, 0.6) is 0 Å². The Balaban J connectivity index is 1.42. The Hall–Kier alpha value is -1.29. The van der Waals surface area contributed by atoms with Crippen LogP contribution in [-0.4, -0.2) is 67.8 Å². The van der Waals surface area contributed by atoms with Crippen molar-refractivity contribution in [3.05, 3.63) is 69.2 Å². The molecule has 2 aromatic rings. The van der Waals surface area contributed by atoms with Gasteiger partial charge in [0.2, 0.25) is 10.0 Å². The van der Waals surface area contributed by atoms with Crippen LogP contribution in [0.15, 0.2) is 42.5 Å². The van der Waals surface area contributed by atoms with Crippen LogP contribution in [0, 0.1) is 0 Å². The molecule has 0 atom stereocenters. The number of hydrogen-bond donors (Lipinski definition) is 1. The van der Waals surface area contributed by atoms with E-state index in [1.165, 1.54) is 0 Å². The minimum absolute atomic E-state index is 0.0965. The highest BCUT2D eigenvalue weighted by Gasteiger charge is 2.25. The third kappa shape index (κ3) is 7.87. The summed E-state index contributed by atoms with van der Waals surface area (Å²) in [5, 5.41) is 4.24. The molecular weight excluding hydrogens is 501 g/mol. The molecule has 1 N–H and O–H groups in total. The van der Waals surface area contributed by atoms with Gasteiger partial charge in [0, 0.05) is 66.4 Å². The lowest BCUT2D eigenvalue weighted by molar-refractivity contribution is 0.0956. The number of amides is 1. The molecule has 1 amide bonds. The average Bonchev–Trinajstić information content (AvgIpc) is 2.80. The first-order valence-corrected chi connectivity index (χ1v) is 14.4. The second-order valence-corrected chi connectivity index (χ2v) is 12.0. The molecule has 1 fully saturated rings. The molecule has 0 spiro atoms. The van der Waals surface area contributed by atoms with Crippen LogP contribution in [0.25, 0.3) is 0 Å². The summed E-state index contributed by atoms with van der Waals surface area (Å²) in [6.45, 7) is 5.32. The maximum Gasteiger partial charge on any atom is 0.251 e. The van der Waals surface area contributed by atoms with Crippen LogP contribution < -0.4 is 5.32 Å². The molecule has 6 nitrogen and oxygen atoms in total. The van der Waals surface area contributed by atoms with Gasteiger partial charge < -0.3 is 5.32 Å². The molecular formula is C23H29Cl2N3O3S2. The highest BCUT2D eigenvalue weighted by Crippen LogP contribution is 2.24. The molecule has 0 saturated carbocycles. The zero-order valence-electron chi connectivity index (χ0n) is 18.6. The minimum atomic E-state index is -3.13. The fourth-order valence-electron chi connectivity index (χ4n) is 3.58. The van der Waals surface area contributed by atoms with E-state index >= 15 is 0 Å². The number of rotatable bonds is 10. The monoisotopic (exact) mass is 529 g/mol. The fourth-order valence-corrected chi connectivity index (χ4v) is 6.08. The second-order valence-electron chi connectivity index (χ2n) is 7.82. The van der Waals surface area contributed by atoms with Crippen molar-refractivity contribution in [2.75, 3.05) is 44.2 Å². The normalized spacial score (nSPS) is 15.5. The van der Waals surface area contributed by atoms with Crippen LogP contribution in [0.4, 0.5) is 0 Å². The predicted molar refractivity (Wildman–Crippen MR) is 138 cm³/mol. The van der Waals surface area contributed by atoms with Crippen molar-refractivity contribution in [2.24, 2.45) is 0 Å². The maximum atomic E-state index is 12.6. The van der Waals surface area contributed by atoms with Gasteiger partial charge in [-0.15, -0.1) is 0 Å². The average molecular weight is 531 g/mol. The van der Waals surface area contributed by atoms with Gasteiger partial charge in [0.15, 0.2) is 0 Å². The topological polar surface area (TPSA) is 69.7 Å². The third-order valence-electron chi connectivity index (χ3n) is 5.49. The zero-order chi connectivity index (χ0) is 23.8. The van der Waals surface area contributed by atoms with E-state index in [0.717, 1.165) is 22.6 Å². The van der Waals surface area contributed by atoms with E-state index in [4.69, 9.17) is 23.2 Å². The van der Waals surface area contributed by atoms with Crippen molar-refractivity contribution in [1.82, 2.24) is 14.5 Å². The van der Waals surface area contributed by atoms with E-state index < -0.39 is 10.0 Å². The van der Waals surface area contributed by atoms with E-state index in [-0.39, 0.29) is 11.7 Å². The van der Waals surface area contributed by atoms with Crippen LogP contribution in [0.3, 0.4) is 0 Å². The molecule has 1 heterocycles. The highest BCUT2D eigenvalue weighted by atomic mass is 35.5. The molecule has 1 saturated heterocycles. The summed E-state index contributed by atoms with van der Waals surface area (Å²) in [5.41, 5.74) is 2.70. The number of carbonyl (C=O) groups excluding carboxylic acids is 1. The van der Waals surface area contributed by atoms with Crippen molar-refractivity contribution in [3.8, 4) is 0 Å².